The highest BCUT2D eigenvalue weighted by Gasteiger charge is 2.23. The highest BCUT2D eigenvalue weighted by molar-refractivity contribution is 6.25. The summed E-state index contributed by atoms with van der Waals surface area (Å²) in [5, 5.41) is 4.90. The van der Waals surface area contributed by atoms with Crippen molar-refractivity contribution in [3.63, 3.8) is 0 Å². The molecule has 11 aromatic rings. The van der Waals surface area contributed by atoms with Crippen LogP contribution in [0.2, 0.25) is 0 Å². The smallest absolute Gasteiger partial charge is 0.0546 e. The second-order valence-electron chi connectivity index (χ2n) is 16.0. The van der Waals surface area contributed by atoms with E-state index in [1.807, 2.05) is 0 Å². The summed E-state index contributed by atoms with van der Waals surface area (Å²) in [6.45, 7) is 0. The van der Waals surface area contributed by atoms with E-state index in [-0.39, 0.29) is 0 Å². The van der Waals surface area contributed by atoms with Crippen molar-refractivity contribution in [3.8, 4) is 66.8 Å². The van der Waals surface area contributed by atoms with Crippen LogP contribution in [0.5, 0.6) is 0 Å². The molecular formula is C62H43N. The topological polar surface area (TPSA) is 3.24 Å². The first kappa shape index (κ1) is 37.7. The van der Waals surface area contributed by atoms with Gasteiger partial charge in [-0.2, -0.15) is 0 Å². The molecule has 0 atom stereocenters. The van der Waals surface area contributed by atoms with Gasteiger partial charge in [-0.3, -0.25) is 0 Å². The van der Waals surface area contributed by atoms with Gasteiger partial charge in [-0.05, 0) is 108 Å². The van der Waals surface area contributed by atoms with E-state index in [0.29, 0.717) is 0 Å². The van der Waals surface area contributed by atoms with Crippen molar-refractivity contribution in [2.45, 2.75) is 0 Å². The van der Waals surface area contributed by atoms with Crippen molar-refractivity contribution in [3.05, 3.63) is 261 Å². The Kier molecular flexibility index (Phi) is 9.97. The number of hydrogen-bond acceptors (Lipinski definition) is 1. The van der Waals surface area contributed by atoms with E-state index in [1.54, 1.807) is 0 Å². The molecule has 0 saturated carbocycles. The average molecular weight is 802 g/mol. The molecule has 0 aliphatic carbocycles. The summed E-state index contributed by atoms with van der Waals surface area (Å²) in [6.07, 6.45) is 0. The lowest BCUT2D eigenvalue weighted by atomic mass is 9.84. The fraction of sp³-hybridized carbons (Fsp3) is 0. The van der Waals surface area contributed by atoms with Gasteiger partial charge in [-0.15, -0.1) is 0 Å². The number of nitrogens with zero attached hydrogens (tertiary/aromatic N) is 1. The molecule has 0 heterocycles. The summed E-state index contributed by atoms with van der Waals surface area (Å²) in [6, 6.07) is 94.6. The second kappa shape index (κ2) is 16.7. The van der Waals surface area contributed by atoms with Crippen LogP contribution in [-0.2, 0) is 0 Å². The number of hydrogen-bond donors (Lipinski definition) is 0. The van der Waals surface area contributed by atoms with E-state index < -0.39 is 0 Å². The fourth-order valence-corrected chi connectivity index (χ4v) is 9.21. The maximum Gasteiger partial charge on any atom is 0.0546 e. The third kappa shape index (κ3) is 7.26. The lowest BCUT2D eigenvalue weighted by Crippen LogP contribution is -2.11. The normalized spacial score (nSPS) is 11.2. The summed E-state index contributed by atoms with van der Waals surface area (Å²) in [7, 11) is 0. The van der Waals surface area contributed by atoms with Crippen LogP contribution in [-0.4, -0.2) is 0 Å². The van der Waals surface area contributed by atoms with Gasteiger partial charge in [0, 0.05) is 22.3 Å². The van der Waals surface area contributed by atoms with Crippen LogP contribution < -0.4 is 4.90 Å². The average Bonchev–Trinajstić information content (AvgIpc) is 3.38. The highest BCUT2D eigenvalue weighted by Crippen LogP contribution is 2.50. The predicted octanol–water partition coefficient (Wildman–Crippen LogP) is 17.5. The molecule has 0 unspecified atom stereocenters. The molecule has 296 valence electrons. The minimum atomic E-state index is 1.08. The molecule has 1 heteroatoms. The number of fused-ring (bicyclic) bond motifs is 3. The minimum Gasteiger partial charge on any atom is -0.310 e. The SMILES string of the molecule is c1ccc(-c2ccc(-c3ccc(N(c4ccc(-c5ccc(-c6ccccc6)cc5)cc4)c4cccc5c4c(-c4ccccc4)c(-c4ccccc4)c4ccccc45)cc3)cc2)cc1. The van der Waals surface area contributed by atoms with Crippen LogP contribution in [0.1, 0.15) is 0 Å². The summed E-state index contributed by atoms with van der Waals surface area (Å²) in [5.74, 6) is 0. The van der Waals surface area contributed by atoms with Gasteiger partial charge >= 0.3 is 0 Å². The van der Waals surface area contributed by atoms with Gasteiger partial charge in [0.1, 0.15) is 0 Å². The van der Waals surface area contributed by atoms with E-state index in [4.69, 9.17) is 0 Å². The van der Waals surface area contributed by atoms with E-state index in [1.165, 1.54) is 88.3 Å². The highest BCUT2D eigenvalue weighted by atomic mass is 15.1. The molecule has 11 aromatic carbocycles. The molecule has 0 aliphatic heterocycles. The zero-order valence-corrected chi connectivity index (χ0v) is 34.8. The monoisotopic (exact) mass is 801 g/mol. The Hall–Kier alpha value is -8.26. The molecule has 63 heavy (non-hydrogen) atoms. The molecule has 0 N–H and O–H groups in total. The summed E-state index contributed by atoms with van der Waals surface area (Å²) >= 11 is 0. The molecule has 1 nitrogen and oxygen atoms in total. The van der Waals surface area contributed by atoms with E-state index in [0.717, 1.165) is 17.1 Å². The molecule has 0 bridgehead atoms. The molecule has 0 spiro atoms. The number of benzene rings is 11. The predicted molar refractivity (Wildman–Crippen MR) is 269 cm³/mol. The van der Waals surface area contributed by atoms with Gasteiger partial charge in [-0.1, -0.05) is 231 Å². The van der Waals surface area contributed by atoms with E-state index >= 15 is 0 Å². The van der Waals surface area contributed by atoms with Crippen LogP contribution >= 0.6 is 0 Å². The zero-order chi connectivity index (χ0) is 42.0. The first-order chi connectivity index (χ1) is 31.3. The van der Waals surface area contributed by atoms with Gasteiger partial charge < -0.3 is 4.90 Å². The molecule has 0 amide bonds. The van der Waals surface area contributed by atoms with Gasteiger partial charge in [0.05, 0.1) is 5.69 Å². The van der Waals surface area contributed by atoms with Crippen molar-refractivity contribution >= 4 is 38.6 Å². The van der Waals surface area contributed by atoms with Crippen LogP contribution in [0.15, 0.2) is 261 Å². The first-order valence-electron chi connectivity index (χ1n) is 21.7. The van der Waals surface area contributed by atoms with Gasteiger partial charge in [0.15, 0.2) is 0 Å². The Morgan fingerprint density at radius 2 is 0.492 bits per heavy atom. The third-order valence-corrected chi connectivity index (χ3v) is 12.3. The molecular weight excluding hydrogens is 759 g/mol. The fourth-order valence-electron chi connectivity index (χ4n) is 9.21. The van der Waals surface area contributed by atoms with Crippen molar-refractivity contribution in [1.29, 1.82) is 0 Å². The molecule has 0 radical (unpaired) electrons. The van der Waals surface area contributed by atoms with Crippen molar-refractivity contribution in [2.24, 2.45) is 0 Å². The molecule has 0 aliphatic rings. The van der Waals surface area contributed by atoms with E-state index in [2.05, 4.69) is 266 Å². The Morgan fingerprint density at radius 3 is 0.905 bits per heavy atom. The lowest BCUT2D eigenvalue weighted by molar-refractivity contribution is 1.30. The van der Waals surface area contributed by atoms with Crippen LogP contribution in [0.3, 0.4) is 0 Å². The van der Waals surface area contributed by atoms with Crippen LogP contribution in [0.4, 0.5) is 17.1 Å². The Labute approximate surface area is 369 Å². The van der Waals surface area contributed by atoms with Crippen molar-refractivity contribution < 1.29 is 0 Å². The maximum atomic E-state index is 2.45. The third-order valence-electron chi connectivity index (χ3n) is 12.3. The maximum absolute atomic E-state index is 2.45. The summed E-state index contributed by atoms with van der Waals surface area (Å²) < 4.78 is 0. The molecule has 11 rings (SSSR count). The van der Waals surface area contributed by atoms with Crippen molar-refractivity contribution in [2.75, 3.05) is 4.90 Å². The van der Waals surface area contributed by atoms with Gasteiger partial charge in [-0.25, -0.2) is 0 Å². The quantitative estimate of drug-likeness (QED) is 0.131. The second-order valence-corrected chi connectivity index (χ2v) is 16.0. The van der Waals surface area contributed by atoms with Crippen molar-refractivity contribution in [1.82, 2.24) is 0 Å². The summed E-state index contributed by atoms with van der Waals surface area (Å²) in [5.41, 5.74) is 17.7. The Morgan fingerprint density at radius 1 is 0.190 bits per heavy atom. The van der Waals surface area contributed by atoms with Crippen LogP contribution in [0.25, 0.3) is 88.3 Å². The zero-order valence-electron chi connectivity index (χ0n) is 34.8. The number of rotatable bonds is 9. The Balaban J connectivity index is 1.09. The minimum absolute atomic E-state index is 1.08. The van der Waals surface area contributed by atoms with Crippen LogP contribution in [0, 0.1) is 0 Å². The number of anilines is 3. The van der Waals surface area contributed by atoms with Gasteiger partial charge in [0.25, 0.3) is 0 Å². The first-order valence-corrected chi connectivity index (χ1v) is 21.7. The Bertz CT molecular complexity index is 3180. The molecule has 0 saturated heterocycles. The standard InChI is InChI=1S/C62H43N/c1-5-16-44(17-6-1)46-28-32-48(33-29-46)50-36-40-54(41-37-50)63(55-42-38-51(39-43-55)49-34-30-47(31-35-49)45-18-7-2-8-19-45)59-27-15-26-58-56-24-13-14-25-57(56)60(52-20-9-3-10-21-52)61(62(58)59)53-22-11-4-12-23-53/h1-43H. The lowest BCUT2D eigenvalue weighted by Gasteiger charge is -2.29. The van der Waals surface area contributed by atoms with E-state index in [9.17, 15) is 0 Å². The van der Waals surface area contributed by atoms with Gasteiger partial charge in [0.2, 0.25) is 0 Å². The largest absolute Gasteiger partial charge is 0.310 e. The molecule has 0 fully saturated rings. The molecule has 0 aromatic heterocycles. The summed E-state index contributed by atoms with van der Waals surface area (Å²) in [4.78, 5) is 2.45.